The third-order valence-electron chi connectivity index (χ3n) is 3.39. The molecule has 1 heterocycles. The predicted molar refractivity (Wildman–Crippen MR) is 84.4 cm³/mol. The molecule has 0 spiro atoms. The average molecular weight is 278 g/mol. The number of unbranched alkanes of at least 4 members (excludes halogenated alkanes) is 5. The van der Waals surface area contributed by atoms with E-state index in [0.717, 1.165) is 32.1 Å². The van der Waals surface area contributed by atoms with Crippen LogP contribution in [0.1, 0.15) is 72.1 Å². The van der Waals surface area contributed by atoms with Gasteiger partial charge < -0.3 is 9.47 Å². The van der Waals surface area contributed by atoms with Crippen molar-refractivity contribution in [3.05, 3.63) is 12.2 Å². The second-order valence-electron chi connectivity index (χ2n) is 5.63. The van der Waals surface area contributed by atoms with E-state index in [9.17, 15) is 0 Å². The summed E-state index contributed by atoms with van der Waals surface area (Å²) in [7, 11) is 0. The molecule has 1 saturated heterocycles. The lowest BCUT2D eigenvalue weighted by Crippen LogP contribution is -2.34. The third kappa shape index (κ3) is 8.40. The molecule has 1 aliphatic rings. The lowest BCUT2D eigenvalue weighted by Gasteiger charge is -2.30. The molecular weight excluding hydrogens is 248 g/mol. The second-order valence-corrected chi connectivity index (χ2v) is 5.63. The van der Waals surface area contributed by atoms with Gasteiger partial charge in [-0.15, -0.1) is 11.8 Å². The number of rotatable bonds is 7. The lowest BCUT2D eigenvalue weighted by molar-refractivity contribution is -0.210. The van der Waals surface area contributed by atoms with Crippen molar-refractivity contribution in [2.75, 3.05) is 0 Å². The van der Waals surface area contributed by atoms with E-state index < -0.39 is 0 Å². The van der Waals surface area contributed by atoms with Crippen molar-refractivity contribution in [1.82, 2.24) is 0 Å². The molecule has 114 valence electrons. The first-order valence-electron chi connectivity index (χ1n) is 8.15. The Hall–Kier alpha value is -0.780. The first-order valence-corrected chi connectivity index (χ1v) is 8.15. The van der Waals surface area contributed by atoms with Crippen molar-refractivity contribution in [1.29, 1.82) is 0 Å². The highest BCUT2D eigenvalue weighted by atomic mass is 16.7. The van der Waals surface area contributed by atoms with Crippen LogP contribution in [0.25, 0.3) is 0 Å². The van der Waals surface area contributed by atoms with Crippen LogP contribution in [0.5, 0.6) is 0 Å². The molecule has 1 aliphatic heterocycles. The van der Waals surface area contributed by atoms with Crippen LogP contribution in [0.15, 0.2) is 12.2 Å². The molecule has 0 amide bonds. The summed E-state index contributed by atoms with van der Waals surface area (Å²) in [6.45, 7) is 6.43. The Morgan fingerprint density at radius 1 is 1.00 bits per heavy atom. The zero-order chi connectivity index (χ0) is 14.6. The van der Waals surface area contributed by atoms with Crippen LogP contribution in [-0.2, 0) is 9.47 Å². The summed E-state index contributed by atoms with van der Waals surface area (Å²) in [5, 5.41) is 0. The minimum atomic E-state index is -0.158. The van der Waals surface area contributed by atoms with Crippen LogP contribution < -0.4 is 0 Å². The summed E-state index contributed by atoms with van der Waals surface area (Å²) in [5.41, 5.74) is 0. The Balaban J connectivity index is 2.04. The van der Waals surface area contributed by atoms with E-state index in [-0.39, 0.29) is 6.29 Å². The summed E-state index contributed by atoms with van der Waals surface area (Å²) in [4.78, 5) is 0. The van der Waals surface area contributed by atoms with Crippen molar-refractivity contribution in [2.45, 2.75) is 90.6 Å². The smallest absolute Gasteiger partial charge is 0.177 e. The van der Waals surface area contributed by atoms with Gasteiger partial charge in [-0.05, 0) is 45.6 Å². The van der Waals surface area contributed by atoms with E-state index in [2.05, 4.69) is 38.7 Å². The van der Waals surface area contributed by atoms with Gasteiger partial charge in [0, 0.05) is 12.8 Å². The number of allylic oxidation sites excluding steroid dienone is 1. The van der Waals surface area contributed by atoms with Crippen molar-refractivity contribution >= 4 is 0 Å². The molecule has 0 radical (unpaired) electrons. The van der Waals surface area contributed by atoms with Crippen LogP contribution in [0.3, 0.4) is 0 Å². The van der Waals surface area contributed by atoms with Crippen LogP contribution in [0, 0.1) is 11.8 Å². The molecule has 0 aromatic rings. The fourth-order valence-electron chi connectivity index (χ4n) is 2.32. The molecule has 0 bridgehead atoms. The zero-order valence-corrected chi connectivity index (χ0v) is 13.4. The van der Waals surface area contributed by atoms with Gasteiger partial charge >= 0.3 is 0 Å². The molecular formula is C18H30O2. The molecule has 0 aromatic heterocycles. The van der Waals surface area contributed by atoms with Gasteiger partial charge in [-0.3, -0.25) is 0 Å². The molecule has 0 N–H and O–H groups in total. The first-order chi connectivity index (χ1) is 9.72. The van der Waals surface area contributed by atoms with Gasteiger partial charge in [0.05, 0.1) is 12.2 Å². The molecule has 2 heteroatoms. The largest absolute Gasteiger partial charge is 0.346 e. The molecule has 0 aromatic carbocycles. The third-order valence-corrected chi connectivity index (χ3v) is 3.39. The first kappa shape index (κ1) is 17.3. The molecule has 2 nitrogen and oxygen atoms in total. The maximum atomic E-state index is 5.70. The Kier molecular flexibility index (Phi) is 9.45. The molecule has 2 atom stereocenters. The normalized spacial score (nSPS) is 26.4. The van der Waals surface area contributed by atoms with Crippen LogP contribution >= 0.6 is 0 Å². The summed E-state index contributed by atoms with van der Waals surface area (Å²) in [6, 6.07) is 0. The minimum absolute atomic E-state index is 0.158. The van der Waals surface area contributed by atoms with E-state index in [4.69, 9.17) is 9.47 Å². The molecule has 1 fully saturated rings. The maximum absolute atomic E-state index is 5.70. The summed E-state index contributed by atoms with van der Waals surface area (Å²) in [5.74, 6) is 6.50. The topological polar surface area (TPSA) is 18.5 Å². The molecule has 0 saturated carbocycles. The Labute approximate surface area is 124 Å². The minimum Gasteiger partial charge on any atom is -0.346 e. The van der Waals surface area contributed by atoms with Gasteiger partial charge in [0.1, 0.15) is 0 Å². The van der Waals surface area contributed by atoms with Crippen molar-refractivity contribution in [2.24, 2.45) is 0 Å². The maximum Gasteiger partial charge on any atom is 0.177 e. The highest BCUT2D eigenvalue weighted by Crippen LogP contribution is 2.18. The highest BCUT2D eigenvalue weighted by molar-refractivity contribution is 4.99. The Bertz CT molecular complexity index is 314. The quantitative estimate of drug-likeness (QED) is 0.377. The van der Waals surface area contributed by atoms with Crippen LogP contribution in [-0.4, -0.2) is 18.5 Å². The van der Waals surface area contributed by atoms with E-state index in [1.807, 2.05) is 6.08 Å². The monoisotopic (exact) mass is 278 g/mol. The van der Waals surface area contributed by atoms with Gasteiger partial charge in [-0.2, -0.15) is 0 Å². The number of ether oxygens (including phenoxy) is 2. The Morgan fingerprint density at radius 2 is 1.65 bits per heavy atom. The Morgan fingerprint density at radius 3 is 2.30 bits per heavy atom. The lowest BCUT2D eigenvalue weighted by atomic mass is 10.1. The highest BCUT2D eigenvalue weighted by Gasteiger charge is 2.22. The van der Waals surface area contributed by atoms with Gasteiger partial charge in [0.25, 0.3) is 0 Å². The van der Waals surface area contributed by atoms with Gasteiger partial charge in [-0.25, -0.2) is 0 Å². The van der Waals surface area contributed by atoms with Gasteiger partial charge in [-0.1, -0.05) is 25.8 Å². The van der Waals surface area contributed by atoms with E-state index in [1.54, 1.807) is 0 Å². The van der Waals surface area contributed by atoms with Gasteiger partial charge in [0.15, 0.2) is 6.29 Å². The second kappa shape index (κ2) is 10.9. The fraction of sp³-hybridized carbons (Fsp3) is 0.778. The predicted octanol–water partition coefficient (Wildman–Crippen LogP) is 4.84. The zero-order valence-electron chi connectivity index (χ0n) is 13.4. The number of hydrogen-bond donors (Lipinski definition) is 0. The fourth-order valence-corrected chi connectivity index (χ4v) is 2.32. The summed E-state index contributed by atoms with van der Waals surface area (Å²) >= 11 is 0. The summed E-state index contributed by atoms with van der Waals surface area (Å²) in [6.07, 6.45) is 13.7. The average Bonchev–Trinajstić information content (AvgIpc) is 2.40. The SMILES string of the molecule is CCCCCC#CCCC/C=C/C1O[C@@H](C)C[C@H](C)O1. The van der Waals surface area contributed by atoms with Crippen molar-refractivity contribution < 1.29 is 9.47 Å². The molecule has 0 aliphatic carbocycles. The standard InChI is InChI=1S/C18H30O2/c1-4-5-6-7-8-9-10-11-12-13-14-18-19-16(2)15-17(3)20-18/h13-14,16-18H,4-7,10-12,15H2,1-3H3/b14-13+/t16-,17-/m0/s1. The molecule has 0 unspecified atom stereocenters. The van der Waals surface area contributed by atoms with Crippen LogP contribution in [0.4, 0.5) is 0 Å². The van der Waals surface area contributed by atoms with Crippen molar-refractivity contribution in [3.63, 3.8) is 0 Å². The number of hydrogen-bond acceptors (Lipinski definition) is 2. The van der Waals surface area contributed by atoms with Gasteiger partial charge in [0.2, 0.25) is 0 Å². The summed E-state index contributed by atoms with van der Waals surface area (Å²) < 4.78 is 11.4. The molecule has 1 rings (SSSR count). The van der Waals surface area contributed by atoms with E-state index >= 15 is 0 Å². The van der Waals surface area contributed by atoms with E-state index in [1.165, 1.54) is 19.3 Å². The van der Waals surface area contributed by atoms with Crippen molar-refractivity contribution in [3.8, 4) is 11.8 Å². The van der Waals surface area contributed by atoms with Crippen LogP contribution in [0.2, 0.25) is 0 Å². The molecule has 20 heavy (non-hydrogen) atoms. The van der Waals surface area contributed by atoms with E-state index in [0.29, 0.717) is 12.2 Å².